The molecule has 0 aromatic heterocycles. The second kappa shape index (κ2) is 7.45. The number of rotatable bonds is 6. The Labute approximate surface area is 110 Å². The van der Waals surface area contributed by atoms with Crippen LogP contribution in [0.15, 0.2) is 22.7 Å². The van der Waals surface area contributed by atoms with Gasteiger partial charge in [-0.3, -0.25) is 4.79 Å². The Bertz CT molecular complexity index is 377. The molecule has 0 unspecified atom stereocenters. The minimum absolute atomic E-state index is 0.228. The highest BCUT2D eigenvalue weighted by atomic mass is 79.9. The normalized spacial score (nSPS) is 10.3. The van der Waals surface area contributed by atoms with Crippen LogP contribution in [-0.2, 0) is 9.53 Å². The molecule has 1 aromatic carbocycles. The molecule has 0 bridgehead atoms. The molecule has 0 radical (unpaired) electrons. The third-order valence-electron chi connectivity index (χ3n) is 2.18. The van der Waals surface area contributed by atoms with Crippen LogP contribution in [0.4, 0.5) is 0 Å². The van der Waals surface area contributed by atoms with Crippen molar-refractivity contribution in [3.05, 3.63) is 28.2 Å². The van der Waals surface area contributed by atoms with Gasteiger partial charge >= 0.3 is 5.97 Å². The van der Waals surface area contributed by atoms with Gasteiger partial charge in [0.05, 0.1) is 4.47 Å². The fraction of sp³-hybridized carbons (Fsp3) is 0.462. The van der Waals surface area contributed by atoms with Gasteiger partial charge in [-0.05, 0) is 53.9 Å². The fourth-order valence-electron chi connectivity index (χ4n) is 1.33. The first-order valence-corrected chi connectivity index (χ1v) is 6.47. The highest BCUT2D eigenvalue weighted by Gasteiger charge is 2.07. The average molecular weight is 301 g/mol. The monoisotopic (exact) mass is 300 g/mol. The average Bonchev–Trinajstić information content (AvgIpc) is 2.28. The Morgan fingerprint density at radius 2 is 2.18 bits per heavy atom. The molecular weight excluding hydrogens is 284 g/mol. The molecule has 0 amide bonds. The predicted molar refractivity (Wildman–Crippen MR) is 70.2 cm³/mol. The number of halogens is 1. The van der Waals surface area contributed by atoms with Gasteiger partial charge in [0.15, 0.2) is 0 Å². The lowest BCUT2D eigenvalue weighted by Crippen LogP contribution is -2.09. The molecule has 0 aliphatic rings. The summed E-state index contributed by atoms with van der Waals surface area (Å²) in [4.78, 5) is 11.5. The van der Waals surface area contributed by atoms with E-state index in [4.69, 9.17) is 9.47 Å². The third kappa shape index (κ3) is 5.33. The minimum Gasteiger partial charge on any atom is -0.425 e. The summed E-state index contributed by atoms with van der Waals surface area (Å²) < 4.78 is 11.2. The maximum atomic E-state index is 11.5. The largest absolute Gasteiger partial charge is 0.425 e. The Morgan fingerprint density at radius 3 is 2.82 bits per heavy atom. The van der Waals surface area contributed by atoms with Crippen LogP contribution < -0.4 is 4.74 Å². The zero-order chi connectivity index (χ0) is 12.7. The first-order chi connectivity index (χ1) is 8.13. The van der Waals surface area contributed by atoms with Crippen LogP contribution >= 0.6 is 15.9 Å². The van der Waals surface area contributed by atoms with E-state index in [0.717, 1.165) is 10.0 Å². The summed E-state index contributed by atoms with van der Waals surface area (Å²) in [7, 11) is 0. The number of aryl methyl sites for hydroxylation is 1. The van der Waals surface area contributed by atoms with E-state index in [1.807, 2.05) is 26.0 Å². The maximum absolute atomic E-state index is 11.5. The van der Waals surface area contributed by atoms with Gasteiger partial charge in [0, 0.05) is 19.6 Å². The van der Waals surface area contributed by atoms with Gasteiger partial charge in [-0.25, -0.2) is 0 Å². The molecule has 0 spiro atoms. The van der Waals surface area contributed by atoms with E-state index >= 15 is 0 Å². The van der Waals surface area contributed by atoms with Gasteiger partial charge in [0.25, 0.3) is 0 Å². The highest BCUT2D eigenvalue weighted by Crippen LogP contribution is 2.26. The summed E-state index contributed by atoms with van der Waals surface area (Å²) in [5, 5.41) is 0. The molecule has 3 nitrogen and oxygen atoms in total. The number of carbonyl (C=O) groups excluding carboxylic acids is 1. The summed E-state index contributed by atoms with van der Waals surface area (Å²) in [6.45, 7) is 5.19. The van der Waals surface area contributed by atoms with E-state index in [1.54, 1.807) is 6.07 Å². The zero-order valence-electron chi connectivity index (χ0n) is 10.2. The van der Waals surface area contributed by atoms with Gasteiger partial charge < -0.3 is 9.47 Å². The van der Waals surface area contributed by atoms with Crippen LogP contribution in [-0.4, -0.2) is 19.2 Å². The van der Waals surface area contributed by atoms with Crippen molar-refractivity contribution in [1.82, 2.24) is 0 Å². The molecular formula is C13H17BrO3. The topological polar surface area (TPSA) is 35.5 Å². The number of benzene rings is 1. The fourth-order valence-corrected chi connectivity index (χ4v) is 1.90. The first kappa shape index (κ1) is 14.2. The van der Waals surface area contributed by atoms with E-state index in [9.17, 15) is 4.79 Å². The smallest absolute Gasteiger partial charge is 0.311 e. The Balaban J connectivity index is 2.40. The van der Waals surface area contributed by atoms with Crippen LogP contribution in [0.3, 0.4) is 0 Å². The minimum atomic E-state index is -0.228. The molecule has 0 aliphatic carbocycles. The number of esters is 1. The van der Waals surface area contributed by atoms with Crippen LogP contribution in [0.25, 0.3) is 0 Å². The molecule has 1 rings (SSSR count). The molecule has 0 atom stereocenters. The molecule has 4 heteroatoms. The van der Waals surface area contributed by atoms with E-state index in [-0.39, 0.29) is 5.97 Å². The van der Waals surface area contributed by atoms with Crippen molar-refractivity contribution in [3.8, 4) is 5.75 Å². The van der Waals surface area contributed by atoms with Gasteiger partial charge in [-0.15, -0.1) is 0 Å². The Morgan fingerprint density at radius 1 is 1.41 bits per heavy atom. The maximum Gasteiger partial charge on any atom is 0.311 e. The Hall–Kier alpha value is -0.870. The van der Waals surface area contributed by atoms with E-state index in [0.29, 0.717) is 31.8 Å². The second-order valence-electron chi connectivity index (χ2n) is 3.71. The van der Waals surface area contributed by atoms with Crippen molar-refractivity contribution in [1.29, 1.82) is 0 Å². The number of carbonyl (C=O) groups is 1. The zero-order valence-corrected chi connectivity index (χ0v) is 11.7. The lowest BCUT2D eigenvalue weighted by Gasteiger charge is -2.07. The van der Waals surface area contributed by atoms with E-state index in [2.05, 4.69) is 15.9 Å². The van der Waals surface area contributed by atoms with E-state index < -0.39 is 0 Å². The van der Waals surface area contributed by atoms with Gasteiger partial charge in [0.1, 0.15) is 5.75 Å². The summed E-state index contributed by atoms with van der Waals surface area (Å²) >= 11 is 3.37. The SMILES string of the molecule is CCOCCCC(=O)Oc1ccc(C)cc1Br. The molecule has 0 saturated carbocycles. The molecule has 1 aromatic rings. The van der Waals surface area contributed by atoms with Gasteiger partial charge in [-0.1, -0.05) is 6.07 Å². The quantitative estimate of drug-likeness (QED) is 0.458. The van der Waals surface area contributed by atoms with E-state index in [1.165, 1.54) is 0 Å². The Kier molecular flexibility index (Phi) is 6.22. The van der Waals surface area contributed by atoms with Crippen molar-refractivity contribution in [3.63, 3.8) is 0 Å². The van der Waals surface area contributed by atoms with Crippen molar-refractivity contribution >= 4 is 21.9 Å². The van der Waals surface area contributed by atoms with Crippen molar-refractivity contribution in [2.45, 2.75) is 26.7 Å². The first-order valence-electron chi connectivity index (χ1n) is 5.68. The summed E-state index contributed by atoms with van der Waals surface area (Å²) in [6.07, 6.45) is 1.07. The number of ether oxygens (including phenoxy) is 2. The standard InChI is InChI=1S/C13H17BrO3/c1-3-16-8-4-5-13(15)17-12-7-6-10(2)9-11(12)14/h6-7,9H,3-5,8H2,1-2H3. The molecule has 0 aliphatic heterocycles. The van der Waals surface area contributed by atoms with Crippen molar-refractivity contribution in [2.24, 2.45) is 0 Å². The molecule has 0 heterocycles. The van der Waals surface area contributed by atoms with Crippen molar-refractivity contribution in [2.75, 3.05) is 13.2 Å². The molecule has 0 saturated heterocycles. The summed E-state index contributed by atoms with van der Waals surface area (Å²) in [5.41, 5.74) is 1.12. The van der Waals surface area contributed by atoms with Crippen LogP contribution in [0.1, 0.15) is 25.3 Å². The molecule has 94 valence electrons. The predicted octanol–water partition coefficient (Wildman–Crippen LogP) is 3.48. The van der Waals surface area contributed by atoms with Gasteiger partial charge in [-0.2, -0.15) is 0 Å². The summed E-state index contributed by atoms with van der Waals surface area (Å²) in [6, 6.07) is 5.62. The summed E-state index contributed by atoms with van der Waals surface area (Å²) in [5.74, 6) is 0.339. The lowest BCUT2D eigenvalue weighted by molar-refractivity contribution is -0.134. The third-order valence-corrected chi connectivity index (χ3v) is 2.80. The van der Waals surface area contributed by atoms with Crippen LogP contribution in [0, 0.1) is 6.92 Å². The molecule has 0 N–H and O–H groups in total. The van der Waals surface area contributed by atoms with Crippen LogP contribution in [0.5, 0.6) is 5.75 Å². The van der Waals surface area contributed by atoms with Gasteiger partial charge in [0.2, 0.25) is 0 Å². The lowest BCUT2D eigenvalue weighted by atomic mass is 10.2. The number of hydrogen-bond acceptors (Lipinski definition) is 3. The van der Waals surface area contributed by atoms with Crippen molar-refractivity contribution < 1.29 is 14.3 Å². The highest BCUT2D eigenvalue weighted by molar-refractivity contribution is 9.10. The van der Waals surface area contributed by atoms with Crippen LogP contribution in [0.2, 0.25) is 0 Å². The molecule has 17 heavy (non-hydrogen) atoms. The second-order valence-corrected chi connectivity index (χ2v) is 4.56. The molecule has 0 fully saturated rings. The number of hydrogen-bond donors (Lipinski definition) is 0.